The van der Waals surface area contributed by atoms with E-state index in [-0.39, 0.29) is 44.3 Å². The van der Waals surface area contributed by atoms with E-state index in [4.69, 9.17) is 4.16 Å². The van der Waals surface area contributed by atoms with Crippen LogP contribution in [0, 0.1) is 0 Å². The average Bonchev–Trinajstić information content (AvgIpc) is 2.72. The second-order valence-corrected chi connectivity index (χ2v) is 13.5. The van der Waals surface area contributed by atoms with Crippen LogP contribution in [0.5, 0.6) is 11.5 Å². The van der Waals surface area contributed by atoms with Gasteiger partial charge in [0.2, 0.25) is 0 Å². The number of hydrogen-bond donors (Lipinski definition) is 5. The summed E-state index contributed by atoms with van der Waals surface area (Å²) in [6, 6.07) is 6.93. The Labute approximate surface area is 236 Å². The van der Waals surface area contributed by atoms with Crippen LogP contribution in [0.25, 0.3) is 0 Å². The molecule has 2 aromatic rings. The van der Waals surface area contributed by atoms with E-state index in [1.54, 1.807) is 12.1 Å². The van der Waals surface area contributed by atoms with Crippen molar-refractivity contribution in [1.82, 2.24) is 0 Å². The fraction of sp³-hybridized carbons (Fsp3) is 0.533. The molecule has 0 spiro atoms. The van der Waals surface area contributed by atoms with E-state index >= 15 is 0 Å². The summed E-state index contributed by atoms with van der Waals surface area (Å²) in [4.78, 5) is 22.4. The van der Waals surface area contributed by atoms with Crippen molar-refractivity contribution in [3.63, 3.8) is 0 Å². The molecule has 0 aliphatic heterocycles. The molecular formula is C30H45AlO7. The fourth-order valence-corrected chi connectivity index (χ4v) is 3.60. The van der Waals surface area contributed by atoms with E-state index in [0.717, 1.165) is 11.1 Å². The standard InChI is InChI=1S/2C15H22O3.Al.H2O/c2*1-14(2,3)9-7-10(13(17)18)12(16)11(8-9)15(4,5)6;;/h2*7-8,16H,1-6H3,(H,17,18);;1H2/q;;+1;/p-1. The Morgan fingerprint density at radius 1 is 0.526 bits per heavy atom. The molecule has 0 amide bonds. The van der Waals surface area contributed by atoms with Crippen molar-refractivity contribution in [2.24, 2.45) is 0 Å². The van der Waals surface area contributed by atoms with Gasteiger partial charge < -0.3 is 24.6 Å². The summed E-state index contributed by atoms with van der Waals surface area (Å²) < 4.78 is 6.92. The van der Waals surface area contributed by atoms with Gasteiger partial charge in [-0.1, -0.05) is 95.2 Å². The average molecular weight is 545 g/mol. The lowest BCUT2D eigenvalue weighted by molar-refractivity contribution is 0.0681. The smallest absolute Gasteiger partial charge is 0.363 e. The third-order valence-electron chi connectivity index (χ3n) is 6.03. The predicted octanol–water partition coefficient (Wildman–Crippen LogP) is 6.43. The maximum absolute atomic E-state index is 11.2. The number of aromatic carboxylic acids is 2. The minimum absolute atomic E-state index is 0.0210. The van der Waals surface area contributed by atoms with E-state index < -0.39 is 11.9 Å². The molecule has 0 bridgehead atoms. The van der Waals surface area contributed by atoms with Crippen LogP contribution < -0.4 is 0 Å². The van der Waals surface area contributed by atoms with Crippen LogP contribution in [0.1, 0.15) is 126 Å². The number of hydrogen-bond acceptors (Lipinski definition) is 5. The van der Waals surface area contributed by atoms with Gasteiger partial charge in [-0.05, 0) is 44.9 Å². The van der Waals surface area contributed by atoms with Crippen LogP contribution in [0.3, 0.4) is 0 Å². The van der Waals surface area contributed by atoms with E-state index in [1.807, 2.05) is 95.2 Å². The largest absolute Gasteiger partial charge is 0.529 e. The third kappa shape index (κ3) is 9.34. The summed E-state index contributed by atoms with van der Waals surface area (Å²) in [6.45, 7) is 23.9. The van der Waals surface area contributed by atoms with Gasteiger partial charge >= 0.3 is 28.6 Å². The Morgan fingerprint density at radius 2 is 0.763 bits per heavy atom. The van der Waals surface area contributed by atoms with E-state index in [2.05, 4.69) is 0 Å². The zero-order chi connectivity index (χ0) is 30.6. The quantitative estimate of drug-likeness (QED) is 0.275. The Morgan fingerprint density at radius 3 is 0.921 bits per heavy atom. The first-order valence-electron chi connectivity index (χ1n) is 12.4. The Kier molecular flexibility index (Phi) is 11.7. The molecule has 0 unspecified atom stereocenters. The van der Waals surface area contributed by atoms with Crippen LogP contribution in [0.4, 0.5) is 0 Å². The molecule has 38 heavy (non-hydrogen) atoms. The van der Waals surface area contributed by atoms with Gasteiger partial charge in [0.25, 0.3) is 0 Å². The monoisotopic (exact) mass is 544 g/mol. The van der Waals surface area contributed by atoms with Gasteiger partial charge in [-0.25, -0.2) is 9.59 Å². The first-order valence-corrected chi connectivity index (χ1v) is 12.9. The van der Waals surface area contributed by atoms with Crippen molar-refractivity contribution < 1.29 is 34.2 Å². The highest BCUT2D eigenvalue weighted by Gasteiger charge is 2.28. The lowest BCUT2D eigenvalue weighted by Gasteiger charge is -2.26. The van der Waals surface area contributed by atoms with E-state index in [1.165, 1.54) is 16.6 Å². The second kappa shape index (κ2) is 12.6. The van der Waals surface area contributed by atoms with Crippen molar-refractivity contribution in [2.75, 3.05) is 0 Å². The molecule has 2 aromatic carbocycles. The normalized spacial score (nSPS) is 12.0. The fourth-order valence-electron chi connectivity index (χ4n) is 3.60. The molecule has 0 saturated carbocycles. The molecule has 210 valence electrons. The molecular weight excluding hydrogens is 499 g/mol. The Balaban J connectivity index is 0.000000676. The molecule has 0 fully saturated rings. The van der Waals surface area contributed by atoms with Crippen LogP contribution in [0.2, 0.25) is 0 Å². The van der Waals surface area contributed by atoms with Crippen LogP contribution >= 0.6 is 0 Å². The molecule has 8 heteroatoms. The molecule has 0 aliphatic rings. The highest BCUT2D eigenvalue weighted by atomic mass is 27.1. The number of aromatic hydroxyl groups is 2. The highest BCUT2D eigenvalue weighted by molar-refractivity contribution is 5.95. The number of carboxylic acids is 2. The van der Waals surface area contributed by atoms with Crippen LogP contribution in [-0.4, -0.2) is 53.1 Å². The third-order valence-corrected chi connectivity index (χ3v) is 6.03. The van der Waals surface area contributed by atoms with Gasteiger partial charge in [0, 0.05) is 11.1 Å². The first-order chi connectivity index (χ1) is 16.9. The summed E-state index contributed by atoms with van der Waals surface area (Å²) >= 11 is 1.42. The maximum Gasteiger partial charge on any atom is 0.363 e. The summed E-state index contributed by atoms with van der Waals surface area (Å²) in [6.07, 6.45) is 0. The van der Waals surface area contributed by atoms with Gasteiger partial charge in [0.1, 0.15) is 22.6 Å². The van der Waals surface area contributed by atoms with Crippen molar-refractivity contribution in [2.45, 2.75) is 105 Å². The minimum Gasteiger partial charge on any atom is -0.529 e. The molecule has 0 saturated heterocycles. The van der Waals surface area contributed by atoms with Gasteiger partial charge in [0.05, 0.1) is 0 Å². The van der Waals surface area contributed by atoms with E-state index in [9.17, 15) is 30.0 Å². The SMILES string of the molecule is CC(C)(C)c1cc(C(=O)O)c(O)c(C(C)(C)C)c1.CC(C)(C)c1cc(C(=O)O)c(O)c(C(C)(C)C)c1.[OH][Al]. The minimum atomic E-state index is -1.09. The van der Waals surface area contributed by atoms with Crippen molar-refractivity contribution in [1.29, 1.82) is 0 Å². The van der Waals surface area contributed by atoms with Gasteiger partial charge in [-0.15, -0.1) is 0 Å². The number of rotatable bonds is 2. The second-order valence-electron chi connectivity index (χ2n) is 13.5. The number of carbonyl (C=O) groups is 2. The highest BCUT2D eigenvalue weighted by Crippen LogP contribution is 2.38. The van der Waals surface area contributed by atoms with Gasteiger partial charge in [-0.2, -0.15) is 0 Å². The van der Waals surface area contributed by atoms with E-state index in [0.29, 0.717) is 11.1 Å². The van der Waals surface area contributed by atoms with Crippen LogP contribution in [-0.2, 0) is 21.7 Å². The number of phenols is 2. The van der Waals surface area contributed by atoms with Crippen molar-refractivity contribution >= 4 is 28.6 Å². The Bertz CT molecular complexity index is 1050. The van der Waals surface area contributed by atoms with Crippen molar-refractivity contribution in [3.8, 4) is 11.5 Å². The topological polar surface area (TPSA) is 135 Å². The van der Waals surface area contributed by atoms with Gasteiger partial charge in [0.15, 0.2) is 0 Å². The van der Waals surface area contributed by atoms with Crippen LogP contribution in [0.15, 0.2) is 24.3 Å². The van der Waals surface area contributed by atoms with Gasteiger partial charge in [-0.3, -0.25) is 0 Å². The summed E-state index contributed by atoms with van der Waals surface area (Å²) in [5.41, 5.74) is 2.24. The zero-order valence-electron chi connectivity index (χ0n) is 24.9. The molecule has 5 N–H and O–H groups in total. The van der Waals surface area contributed by atoms with Crippen molar-refractivity contribution in [3.05, 3.63) is 57.6 Å². The Hall–Kier alpha value is -2.53. The molecule has 2 rings (SSSR count). The molecule has 2 radical (unpaired) electrons. The summed E-state index contributed by atoms with van der Waals surface area (Å²) in [5, 5.41) is 38.6. The maximum atomic E-state index is 11.2. The molecule has 0 aliphatic carbocycles. The molecule has 0 heterocycles. The molecule has 0 aromatic heterocycles. The number of benzene rings is 2. The molecule has 7 nitrogen and oxygen atoms in total. The zero-order valence-corrected chi connectivity index (χ0v) is 26.1. The predicted molar refractivity (Wildman–Crippen MR) is 153 cm³/mol. The molecule has 0 atom stereocenters. The summed E-state index contributed by atoms with van der Waals surface area (Å²) in [5.74, 6) is -2.43. The first kappa shape index (κ1) is 35.5. The summed E-state index contributed by atoms with van der Waals surface area (Å²) in [7, 11) is 0. The lowest BCUT2D eigenvalue weighted by Crippen LogP contribution is -2.18. The number of carboxylic acid groups (broad SMARTS) is 2. The lowest BCUT2D eigenvalue weighted by atomic mass is 9.79.